The molecule has 1 aliphatic rings. The standard InChI is InChI=1S/C32H51F5N4O5S/c1-11-21(7)25(38-29(42)27(20(5)6)40(8)9)30(43)41(10)23(19(3)4)18-24(46-12-2)32(33)39-26(31(44)45)28(47(32,34,35,36)37)22-16-14-13-15-17-22/h13-17,19-21,23-25,27,39H,11-12,18H2,1-10H3,(H,38,42)(H,44,45)/t21-,23+,24+,25-,27-,32?/m0/s1. The van der Waals surface area contributed by atoms with E-state index in [1.165, 1.54) is 25.4 Å². The number of carbonyl (C=O) groups excluding carboxylic acids is 2. The summed E-state index contributed by atoms with van der Waals surface area (Å²) in [7, 11) is -5.42. The summed E-state index contributed by atoms with van der Waals surface area (Å²) in [5.74, 6) is -4.34. The molecule has 0 aliphatic carbocycles. The number of hydrogen-bond donors (Lipinski definition) is 3. The molecular formula is C32H51F5N4O5S. The molecule has 2 rings (SSSR count). The highest BCUT2D eigenvalue weighted by Gasteiger charge is 2.89. The van der Waals surface area contributed by atoms with E-state index in [1.54, 1.807) is 39.8 Å². The number of carbonyl (C=O) groups is 3. The van der Waals surface area contributed by atoms with Crippen molar-refractivity contribution in [2.75, 3.05) is 27.7 Å². The summed E-state index contributed by atoms with van der Waals surface area (Å²) in [4.78, 5) is 40.1. The number of rotatable bonds is 16. The molecule has 0 saturated heterocycles. The van der Waals surface area contributed by atoms with Crippen molar-refractivity contribution in [2.24, 2.45) is 17.8 Å². The third-order valence-electron chi connectivity index (χ3n) is 8.87. The lowest BCUT2D eigenvalue weighted by Crippen LogP contribution is -2.60. The highest BCUT2D eigenvalue weighted by atomic mass is 32.5. The molecule has 2 amide bonds. The van der Waals surface area contributed by atoms with Crippen LogP contribution in [0.1, 0.15) is 66.9 Å². The number of nitrogens with one attached hydrogen (secondary N) is 2. The number of carboxylic acid groups (broad SMARTS) is 1. The maximum atomic E-state index is 16.9. The van der Waals surface area contributed by atoms with E-state index in [1.807, 2.05) is 20.8 Å². The summed E-state index contributed by atoms with van der Waals surface area (Å²) in [6.07, 6.45) is -3.01. The van der Waals surface area contributed by atoms with Gasteiger partial charge in [-0.1, -0.05) is 78.3 Å². The first-order chi connectivity index (χ1) is 21.4. The molecule has 0 spiro atoms. The van der Waals surface area contributed by atoms with E-state index in [0.717, 1.165) is 29.2 Å². The van der Waals surface area contributed by atoms with Gasteiger partial charge in [0.15, 0.2) is 0 Å². The van der Waals surface area contributed by atoms with E-state index in [4.69, 9.17) is 4.74 Å². The first-order valence-corrected chi connectivity index (χ1v) is 17.8. The zero-order chi connectivity index (χ0) is 36.3. The fourth-order valence-electron chi connectivity index (χ4n) is 6.21. The molecule has 9 nitrogen and oxygen atoms in total. The number of benzene rings is 1. The average molecular weight is 699 g/mol. The molecule has 1 aliphatic heterocycles. The van der Waals surface area contributed by atoms with Gasteiger partial charge in [0, 0.05) is 26.1 Å². The summed E-state index contributed by atoms with van der Waals surface area (Å²) in [5, 5.41) is 8.94. The number of hydrogen-bond acceptors (Lipinski definition) is 6. The lowest BCUT2D eigenvalue weighted by molar-refractivity contribution is -0.142. The Bertz CT molecular complexity index is 1330. The zero-order valence-electron chi connectivity index (χ0n) is 28.8. The highest BCUT2D eigenvalue weighted by Crippen LogP contribution is 3.09. The summed E-state index contributed by atoms with van der Waals surface area (Å²) in [6, 6.07) is 2.55. The normalized spacial score (nSPS) is 24.6. The Morgan fingerprint density at radius 2 is 1.53 bits per heavy atom. The fraction of sp³-hybridized carbons (Fsp3) is 0.656. The molecule has 0 fully saturated rings. The molecule has 15 heteroatoms. The van der Waals surface area contributed by atoms with Crippen LogP contribution in [0.25, 0.3) is 4.91 Å². The largest absolute Gasteiger partial charge is 0.477 e. The van der Waals surface area contributed by atoms with Gasteiger partial charge in [-0.3, -0.25) is 14.5 Å². The Morgan fingerprint density at radius 3 is 1.96 bits per heavy atom. The number of carboxylic acids is 1. The van der Waals surface area contributed by atoms with Crippen molar-refractivity contribution in [1.82, 2.24) is 20.4 Å². The van der Waals surface area contributed by atoms with Crippen LogP contribution in [0.4, 0.5) is 19.9 Å². The summed E-state index contributed by atoms with van der Waals surface area (Å²) < 4.78 is 87.7. The second-order valence-electron chi connectivity index (χ2n) is 13.2. The molecule has 3 N–H and O–H groups in total. The quantitative estimate of drug-likeness (QED) is 0.134. The van der Waals surface area contributed by atoms with E-state index < -0.39 is 98.0 Å². The summed E-state index contributed by atoms with van der Waals surface area (Å²) in [5.41, 5.74) is -2.54. The topological polar surface area (TPSA) is 111 Å². The monoisotopic (exact) mass is 698 g/mol. The molecule has 1 aromatic carbocycles. The fourth-order valence-corrected chi connectivity index (χ4v) is 8.67. The predicted octanol–water partition coefficient (Wildman–Crippen LogP) is 6.48. The second kappa shape index (κ2) is 13.9. The molecule has 1 unspecified atom stereocenters. The predicted molar refractivity (Wildman–Crippen MR) is 175 cm³/mol. The minimum atomic E-state index is -10.2. The third-order valence-corrected chi connectivity index (χ3v) is 11.7. The lowest BCUT2D eigenvalue weighted by Gasteiger charge is -2.57. The first kappa shape index (κ1) is 40.3. The number of amides is 2. The van der Waals surface area contributed by atoms with Gasteiger partial charge < -0.3 is 25.4 Å². The Hall–Kier alpha value is -2.91. The SMILES string of the molecule is CCO[C@H](C[C@H](C(C)C)N(C)C(=O)[C@@H](NC(=O)[C@H](C(C)C)N(C)C)[C@@H](C)CC)C1(F)NC(C(=O)O)=C(c2ccccc2)S1(F)(F)(F)F. The van der Waals surface area contributed by atoms with Crippen molar-refractivity contribution in [2.45, 2.75) is 90.7 Å². The maximum absolute atomic E-state index is 16.9. The van der Waals surface area contributed by atoms with Crippen LogP contribution in [-0.4, -0.2) is 89.8 Å². The van der Waals surface area contributed by atoms with Crippen LogP contribution in [0, 0.1) is 17.8 Å². The van der Waals surface area contributed by atoms with Crippen LogP contribution >= 0.6 is 9.84 Å². The van der Waals surface area contributed by atoms with E-state index >= 15 is 19.9 Å². The van der Waals surface area contributed by atoms with Crippen LogP contribution in [-0.2, 0) is 19.1 Å². The van der Waals surface area contributed by atoms with Crippen LogP contribution in [0.2, 0.25) is 0 Å². The van der Waals surface area contributed by atoms with Crippen LogP contribution in [0.5, 0.6) is 0 Å². The number of nitrogens with zero attached hydrogens (tertiary/aromatic N) is 2. The molecular weight excluding hydrogens is 647 g/mol. The molecule has 270 valence electrons. The molecule has 0 radical (unpaired) electrons. The van der Waals surface area contributed by atoms with E-state index in [0.29, 0.717) is 6.42 Å². The van der Waals surface area contributed by atoms with Crippen molar-refractivity contribution in [1.29, 1.82) is 0 Å². The number of ether oxygens (including phenoxy) is 1. The van der Waals surface area contributed by atoms with Gasteiger partial charge in [-0.25, -0.2) is 4.79 Å². The highest BCUT2D eigenvalue weighted by molar-refractivity contribution is 8.57. The van der Waals surface area contributed by atoms with Gasteiger partial charge in [-0.15, -0.1) is 15.5 Å². The van der Waals surface area contributed by atoms with Crippen molar-refractivity contribution in [3.05, 3.63) is 41.6 Å². The Balaban J connectivity index is 2.63. The molecule has 6 atom stereocenters. The smallest absolute Gasteiger partial charge is 0.353 e. The molecule has 1 heterocycles. The second-order valence-corrected chi connectivity index (χ2v) is 16.3. The lowest BCUT2D eigenvalue weighted by atomic mass is 9.92. The Morgan fingerprint density at radius 1 is 0.979 bits per heavy atom. The molecule has 47 heavy (non-hydrogen) atoms. The van der Waals surface area contributed by atoms with E-state index in [9.17, 15) is 19.5 Å². The van der Waals surface area contributed by atoms with Gasteiger partial charge in [0.05, 0.1) is 6.04 Å². The van der Waals surface area contributed by atoms with Crippen molar-refractivity contribution >= 4 is 32.5 Å². The molecule has 0 saturated carbocycles. The number of alkyl halides is 1. The minimum absolute atomic E-state index is 0.109. The molecule has 1 aromatic rings. The average Bonchev–Trinajstić information content (AvgIpc) is 3.11. The van der Waals surface area contributed by atoms with Gasteiger partial charge in [0.2, 0.25) is 21.7 Å². The molecule has 0 bridgehead atoms. The maximum Gasteiger partial charge on any atom is 0.353 e. The number of likely N-dealkylation sites (N-methyl/N-ethyl adjacent to an activating group) is 2. The Kier molecular flexibility index (Phi) is 11.9. The van der Waals surface area contributed by atoms with E-state index in [-0.39, 0.29) is 5.92 Å². The first-order valence-electron chi connectivity index (χ1n) is 15.7. The minimum Gasteiger partial charge on any atom is -0.477 e. The van der Waals surface area contributed by atoms with Crippen LogP contribution in [0.15, 0.2) is 36.0 Å². The van der Waals surface area contributed by atoms with Crippen molar-refractivity contribution < 1.29 is 44.2 Å². The van der Waals surface area contributed by atoms with Crippen molar-refractivity contribution in [3.63, 3.8) is 0 Å². The third kappa shape index (κ3) is 7.56. The number of aliphatic carboxylic acids is 1. The van der Waals surface area contributed by atoms with Gasteiger partial charge >= 0.3 is 11.1 Å². The van der Waals surface area contributed by atoms with Crippen LogP contribution in [0.3, 0.4) is 0 Å². The van der Waals surface area contributed by atoms with Gasteiger partial charge in [-0.2, -0.15) is 4.39 Å². The summed E-state index contributed by atoms with van der Waals surface area (Å²) in [6.45, 7) is 11.3. The van der Waals surface area contributed by atoms with Gasteiger partial charge in [0.25, 0.3) is 0 Å². The Labute approximate surface area is 274 Å². The summed E-state index contributed by atoms with van der Waals surface area (Å²) >= 11 is 0. The van der Waals surface area contributed by atoms with Crippen LogP contribution < -0.4 is 10.6 Å². The van der Waals surface area contributed by atoms with Crippen molar-refractivity contribution in [3.8, 4) is 0 Å². The molecule has 0 aromatic heterocycles. The van der Waals surface area contributed by atoms with Gasteiger partial charge in [0.1, 0.15) is 22.7 Å². The van der Waals surface area contributed by atoms with Gasteiger partial charge in [-0.05, 0) is 44.3 Å². The number of halogens is 5. The zero-order valence-corrected chi connectivity index (χ0v) is 29.6. The van der Waals surface area contributed by atoms with E-state index in [2.05, 4.69) is 5.32 Å².